The van der Waals surface area contributed by atoms with Crippen molar-refractivity contribution in [3.8, 4) is 0 Å². The fraction of sp³-hybridized carbons (Fsp3) is 0. The molecule has 0 aliphatic rings. The third-order valence-corrected chi connectivity index (χ3v) is 0. The molecule has 0 spiro atoms. The third-order valence-electron chi connectivity index (χ3n) is 0. The van der Waals surface area contributed by atoms with Gasteiger partial charge in [-0.05, 0) is 0 Å². The van der Waals surface area contributed by atoms with Crippen molar-refractivity contribution in [3.63, 3.8) is 0 Å². The van der Waals surface area contributed by atoms with Crippen molar-refractivity contribution in [2.75, 3.05) is 0 Å². The first-order chi connectivity index (χ1) is 3.00. The predicted molar refractivity (Wildman–Crippen MR) is 2.06 cm³/mol. The van der Waals surface area contributed by atoms with Gasteiger partial charge >= 0.3 is 80.0 Å². The van der Waals surface area contributed by atoms with Gasteiger partial charge < -0.3 is 0 Å². The molecule has 0 aliphatic carbocycles. The summed E-state index contributed by atoms with van der Waals surface area (Å²) in [5.74, 6) is 0. The van der Waals surface area contributed by atoms with E-state index in [4.69, 9.17) is 8.64 Å². The van der Waals surface area contributed by atoms with Gasteiger partial charge in [0, 0.05) is 0 Å². The van der Waals surface area contributed by atoms with Crippen molar-refractivity contribution in [2.45, 2.75) is 0 Å². The van der Waals surface area contributed by atoms with Crippen LogP contribution in [0.5, 0.6) is 0 Å². The summed E-state index contributed by atoms with van der Waals surface area (Å²) in [6, 6.07) is 0. The van der Waals surface area contributed by atoms with E-state index in [9.17, 15) is 0 Å². The van der Waals surface area contributed by atoms with Gasteiger partial charge in [0.25, 0.3) is 0 Å². The zero-order valence-corrected chi connectivity index (χ0v) is 7.80. The van der Waals surface area contributed by atoms with Gasteiger partial charge in [-0.3, -0.25) is 0 Å². The molecule has 0 aromatic rings. The van der Waals surface area contributed by atoms with E-state index in [2.05, 4.69) is 15.7 Å². The van der Waals surface area contributed by atoms with Crippen LogP contribution in [0.1, 0.15) is 0 Å². The molecule has 0 aromatic heterocycles. The molecule has 38 valence electrons. The number of rotatable bonds is 0. The fourth-order valence-corrected chi connectivity index (χ4v) is 0. The maximum atomic E-state index is 8.39. The average molecular weight is 302 g/mol. The quantitative estimate of drug-likeness (QED) is 0.574. The Kier molecular flexibility index (Phi) is 184. The van der Waals surface area contributed by atoms with Crippen LogP contribution in [0, 0.1) is 39.8 Å². The van der Waals surface area contributed by atoms with E-state index in [0.29, 0.717) is 0 Å². The Morgan fingerprint density at radius 1 is 1.17 bits per heavy atom. The first-order valence-electron chi connectivity index (χ1n) is 0.495. The van der Waals surface area contributed by atoms with Crippen molar-refractivity contribution in [1.82, 2.24) is 0 Å². The normalized spacial score (nSPS) is 2.00. The van der Waals surface area contributed by atoms with Crippen LogP contribution in [0.2, 0.25) is 0 Å². The van der Waals surface area contributed by atoms with Crippen molar-refractivity contribution >= 4 is 0 Å². The van der Waals surface area contributed by atoms with Crippen LogP contribution in [0.4, 0.5) is 0 Å². The van der Waals surface area contributed by atoms with Gasteiger partial charge in [0.1, 0.15) is 0 Å². The van der Waals surface area contributed by atoms with Gasteiger partial charge in [-0.2, -0.15) is 0 Å². The molecule has 3 nitrogen and oxygen atoms in total. The van der Waals surface area contributed by atoms with E-state index < -0.39 is 0 Å². The second-order valence-corrected chi connectivity index (χ2v) is 0. The molecular formula is CeCoMnO3. The van der Waals surface area contributed by atoms with Gasteiger partial charge in [0.05, 0.1) is 0 Å². The summed E-state index contributed by atoms with van der Waals surface area (Å²) in [6.07, 6.45) is 0. The summed E-state index contributed by atoms with van der Waals surface area (Å²) in [6.45, 7) is 0. The number of hydrogen-bond donors (Lipinski definition) is 0. The Labute approximate surface area is 78.6 Å². The van der Waals surface area contributed by atoms with E-state index >= 15 is 0 Å². The summed E-state index contributed by atoms with van der Waals surface area (Å²) in [5, 5.41) is 0. The van der Waals surface area contributed by atoms with Gasteiger partial charge in [0.15, 0.2) is 0 Å². The summed E-state index contributed by atoms with van der Waals surface area (Å²) in [5.41, 5.74) is 0. The minimum absolute atomic E-state index is 0.0556. The second kappa shape index (κ2) is 70.5. The van der Waals surface area contributed by atoms with Crippen LogP contribution in [-0.2, 0) is 40.3 Å². The molecule has 6 heteroatoms. The molecule has 0 amide bonds. The Hall–Kier alpha value is 1.80. The molecule has 0 heterocycles. The molecule has 0 rings (SSSR count). The van der Waals surface area contributed by atoms with Crippen LogP contribution in [0.3, 0.4) is 0 Å². The first kappa shape index (κ1) is 15.7. The molecule has 0 aliphatic heterocycles. The Bertz CT molecular complexity index is 15.5. The molecule has 0 N–H and O–H groups in total. The first-order valence-corrected chi connectivity index (χ1v) is 2.68. The zero-order chi connectivity index (χ0) is 6.00. The van der Waals surface area contributed by atoms with Crippen LogP contribution in [0.15, 0.2) is 0 Å². The Morgan fingerprint density at radius 3 is 1.17 bits per heavy atom. The van der Waals surface area contributed by atoms with E-state index in [1.165, 1.54) is 0 Å². The average Bonchev–Trinajstić information content (AvgIpc) is 1.81. The van der Waals surface area contributed by atoms with Crippen LogP contribution >= 0.6 is 0 Å². The van der Waals surface area contributed by atoms with Crippen LogP contribution in [0.25, 0.3) is 0 Å². The predicted octanol–water partition coefficient (Wildman–Crippen LogP) is -0.361. The molecule has 0 bridgehead atoms. The van der Waals surface area contributed by atoms with Crippen LogP contribution in [-0.4, -0.2) is 0 Å². The molecule has 0 unspecified atom stereocenters. The molecule has 0 fully saturated rings. The van der Waals surface area contributed by atoms with Gasteiger partial charge in [-0.1, -0.05) is 0 Å². The molecule has 6 heavy (non-hydrogen) atoms. The number of hydrogen-bond acceptors (Lipinski definition) is 3. The standard InChI is InChI=1S/Ce.Co.Mn.3O. The monoisotopic (exact) mass is 302 g/mol. The molecule has 0 atom stereocenters. The zero-order valence-electron chi connectivity index (χ0n) is 2.44. The fourth-order valence-electron chi connectivity index (χ4n) is 0. The summed E-state index contributed by atoms with van der Waals surface area (Å²) >= 11 is 4.06. The third kappa shape index (κ3) is 41.2. The van der Waals surface area contributed by atoms with Gasteiger partial charge in [-0.25, -0.2) is 0 Å². The van der Waals surface area contributed by atoms with Crippen molar-refractivity contribution in [1.29, 1.82) is 0 Å². The second-order valence-electron chi connectivity index (χ2n) is 0. The summed E-state index contributed by atoms with van der Waals surface area (Å²) < 4.78 is 24.4. The molecular weight excluding hydrogens is 302 g/mol. The van der Waals surface area contributed by atoms with Crippen molar-refractivity contribution in [2.24, 2.45) is 0 Å². The summed E-state index contributed by atoms with van der Waals surface area (Å²) in [4.78, 5) is 0. The summed E-state index contributed by atoms with van der Waals surface area (Å²) in [7, 11) is 0. The molecule has 0 saturated heterocycles. The van der Waals surface area contributed by atoms with E-state index in [1.54, 1.807) is 15.9 Å². The van der Waals surface area contributed by atoms with Crippen molar-refractivity contribution in [3.05, 3.63) is 0 Å². The van der Waals surface area contributed by atoms with E-state index in [0.717, 1.165) is 0 Å². The maximum absolute atomic E-state index is 8.39. The minimum atomic E-state index is 0.0556. The van der Waals surface area contributed by atoms with Gasteiger partial charge in [-0.15, -0.1) is 0 Å². The molecule has 0 aromatic carbocycles. The Morgan fingerprint density at radius 2 is 1.17 bits per heavy atom. The van der Waals surface area contributed by atoms with E-state index in [-0.39, 0.29) is 39.8 Å². The van der Waals surface area contributed by atoms with Crippen molar-refractivity contribution < 1.29 is 80.0 Å². The van der Waals surface area contributed by atoms with E-state index in [1.807, 2.05) is 0 Å². The molecule has 0 radical (unpaired) electrons. The molecule has 0 saturated carbocycles. The SMILES string of the molecule is [O]=[Ce].[O]=[Co].[O]=[Mn]. The van der Waals surface area contributed by atoms with Gasteiger partial charge in [0.2, 0.25) is 0 Å². The Balaban J connectivity index is -0.0000000225. The van der Waals surface area contributed by atoms with Crippen LogP contribution < -0.4 is 0 Å². The topological polar surface area (TPSA) is 51.2 Å².